The maximum absolute atomic E-state index is 12.4. The molecule has 1 aromatic carbocycles. The first-order chi connectivity index (χ1) is 10.8. The average Bonchev–Trinajstić information content (AvgIpc) is 3.24. The molecule has 0 spiro atoms. The smallest absolute Gasteiger partial charge is 0.265 e. The fraction of sp³-hybridized carbons (Fsp3) is 0.200. The molecule has 4 rings (SSSR count). The maximum atomic E-state index is 12.4. The second-order valence-electron chi connectivity index (χ2n) is 5.17. The highest BCUT2D eigenvalue weighted by Gasteiger charge is 2.18. The third kappa shape index (κ3) is 2.39. The van der Waals surface area contributed by atoms with E-state index in [2.05, 4.69) is 20.8 Å². The van der Waals surface area contributed by atoms with E-state index in [1.54, 1.807) is 16.0 Å². The molecule has 3 aromatic rings. The van der Waals surface area contributed by atoms with E-state index in [1.807, 2.05) is 30.3 Å². The number of carbonyl (C=O) groups excluding carboxylic acids is 1. The van der Waals surface area contributed by atoms with Gasteiger partial charge in [-0.15, -0.1) is 16.4 Å². The number of anilines is 1. The van der Waals surface area contributed by atoms with E-state index < -0.39 is 0 Å². The van der Waals surface area contributed by atoms with Crippen molar-refractivity contribution in [2.75, 3.05) is 5.32 Å². The molecule has 0 radical (unpaired) electrons. The molecule has 0 unspecified atom stereocenters. The van der Waals surface area contributed by atoms with Crippen LogP contribution in [0.3, 0.4) is 0 Å². The minimum Gasteiger partial charge on any atom is -0.321 e. The van der Waals surface area contributed by atoms with E-state index in [9.17, 15) is 4.79 Å². The van der Waals surface area contributed by atoms with Crippen LogP contribution in [0.4, 0.5) is 5.69 Å². The quantitative estimate of drug-likeness (QED) is 0.806. The summed E-state index contributed by atoms with van der Waals surface area (Å²) < 4.78 is 1.55. The van der Waals surface area contributed by atoms with Crippen molar-refractivity contribution >= 4 is 22.9 Å². The van der Waals surface area contributed by atoms with Gasteiger partial charge in [0.05, 0.1) is 10.6 Å². The molecule has 2 aromatic heterocycles. The van der Waals surface area contributed by atoms with Crippen molar-refractivity contribution in [2.45, 2.75) is 19.3 Å². The molecule has 2 heterocycles. The topological polar surface area (TPSA) is 72.7 Å². The minimum atomic E-state index is -0.0618. The molecule has 1 N–H and O–H groups in total. The Morgan fingerprint density at radius 1 is 1.27 bits per heavy atom. The predicted molar refractivity (Wildman–Crippen MR) is 83.5 cm³/mol. The highest BCUT2D eigenvalue weighted by Crippen LogP contribution is 2.31. The fourth-order valence-electron chi connectivity index (χ4n) is 2.64. The molecule has 0 fully saturated rings. The number of nitrogens with zero attached hydrogens (tertiary/aromatic N) is 4. The fourth-order valence-corrected chi connectivity index (χ4v) is 3.79. The lowest BCUT2D eigenvalue weighted by molar-refractivity contribution is 0.103. The van der Waals surface area contributed by atoms with Gasteiger partial charge < -0.3 is 5.32 Å². The number of carbonyl (C=O) groups is 1. The van der Waals surface area contributed by atoms with Crippen molar-refractivity contribution in [3.05, 3.63) is 52.0 Å². The van der Waals surface area contributed by atoms with Crippen LogP contribution in [0, 0.1) is 0 Å². The van der Waals surface area contributed by atoms with Crippen LogP contribution in [-0.2, 0) is 12.8 Å². The standard InChI is InChI=1S/C15H13N5OS/c21-15(14-7-10-3-1-6-13(10)22-14)17-11-4-2-5-12(8-11)20-9-16-18-19-20/h2,4-5,7-9H,1,3,6H2,(H,17,21). The summed E-state index contributed by atoms with van der Waals surface area (Å²) in [5.41, 5.74) is 2.86. The third-order valence-electron chi connectivity index (χ3n) is 3.69. The van der Waals surface area contributed by atoms with Gasteiger partial charge >= 0.3 is 0 Å². The van der Waals surface area contributed by atoms with Crippen LogP contribution in [-0.4, -0.2) is 26.1 Å². The lowest BCUT2D eigenvalue weighted by Crippen LogP contribution is -2.10. The zero-order valence-electron chi connectivity index (χ0n) is 11.7. The Kier molecular flexibility index (Phi) is 3.19. The number of nitrogens with one attached hydrogen (secondary N) is 1. The van der Waals surface area contributed by atoms with E-state index in [-0.39, 0.29) is 5.91 Å². The largest absolute Gasteiger partial charge is 0.321 e. The lowest BCUT2D eigenvalue weighted by atomic mass is 10.2. The van der Waals surface area contributed by atoms with Gasteiger partial charge in [-0.1, -0.05) is 6.07 Å². The molecule has 0 bridgehead atoms. The summed E-state index contributed by atoms with van der Waals surface area (Å²) >= 11 is 1.60. The van der Waals surface area contributed by atoms with Gasteiger partial charge in [0, 0.05) is 10.6 Å². The van der Waals surface area contributed by atoms with Gasteiger partial charge in [-0.3, -0.25) is 4.79 Å². The van der Waals surface area contributed by atoms with Gasteiger partial charge in [0.15, 0.2) is 0 Å². The molecule has 1 aliphatic carbocycles. The van der Waals surface area contributed by atoms with E-state index in [0.717, 1.165) is 29.1 Å². The molecular weight excluding hydrogens is 298 g/mol. The van der Waals surface area contributed by atoms with E-state index >= 15 is 0 Å². The number of benzene rings is 1. The Morgan fingerprint density at radius 2 is 2.23 bits per heavy atom. The average molecular weight is 311 g/mol. The van der Waals surface area contributed by atoms with Crippen LogP contribution in [0.15, 0.2) is 36.7 Å². The normalized spacial score (nSPS) is 13.1. The first-order valence-corrected chi connectivity index (χ1v) is 7.87. The second-order valence-corrected chi connectivity index (χ2v) is 6.31. The summed E-state index contributed by atoms with van der Waals surface area (Å²) in [7, 11) is 0. The Labute approximate surface area is 130 Å². The summed E-state index contributed by atoms with van der Waals surface area (Å²) in [6, 6.07) is 9.46. The zero-order chi connectivity index (χ0) is 14.9. The van der Waals surface area contributed by atoms with E-state index in [4.69, 9.17) is 0 Å². The SMILES string of the molecule is O=C(Nc1cccc(-n2cnnn2)c1)c1cc2c(s1)CCC2. The van der Waals surface area contributed by atoms with E-state index in [1.165, 1.54) is 23.2 Å². The van der Waals surface area contributed by atoms with Crippen LogP contribution in [0.25, 0.3) is 5.69 Å². The van der Waals surface area contributed by atoms with Crippen molar-refractivity contribution in [2.24, 2.45) is 0 Å². The van der Waals surface area contributed by atoms with Gasteiger partial charge in [0.2, 0.25) is 0 Å². The summed E-state index contributed by atoms with van der Waals surface area (Å²) in [6.07, 6.45) is 4.91. The Balaban J connectivity index is 1.55. The van der Waals surface area contributed by atoms with Gasteiger partial charge in [0.1, 0.15) is 6.33 Å². The number of aromatic nitrogens is 4. The number of aryl methyl sites for hydroxylation is 2. The molecular formula is C15H13N5OS. The number of tetrazole rings is 1. The van der Waals surface area contributed by atoms with Crippen molar-refractivity contribution in [1.82, 2.24) is 20.2 Å². The maximum Gasteiger partial charge on any atom is 0.265 e. The van der Waals surface area contributed by atoms with Gasteiger partial charge in [-0.05, 0) is 59.5 Å². The van der Waals surface area contributed by atoms with Gasteiger partial charge in [0.25, 0.3) is 5.91 Å². The first kappa shape index (κ1) is 13.1. The van der Waals surface area contributed by atoms with Gasteiger partial charge in [-0.25, -0.2) is 4.68 Å². The number of hydrogen-bond donors (Lipinski definition) is 1. The minimum absolute atomic E-state index is 0.0618. The highest BCUT2D eigenvalue weighted by molar-refractivity contribution is 7.14. The Bertz CT molecular complexity index is 803. The molecule has 22 heavy (non-hydrogen) atoms. The van der Waals surface area contributed by atoms with Crippen molar-refractivity contribution in [1.29, 1.82) is 0 Å². The van der Waals surface area contributed by atoms with Crippen LogP contribution >= 0.6 is 11.3 Å². The summed E-state index contributed by atoms with van der Waals surface area (Å²) in [4.78, 5) is 14.5. The molecule has 1 amide bonds. The number of hydrogen-bond acceptors (Lipinski definition) is 5. The molecule has 1 aliphatic rings. The molecule has 0 saturated heterocycles. The number of fused-ring (bicyclic) bond motifs is 1. The molecule has 0 saturated carbocycles. The lowest BCUT2D eigenvalue weighted by Gasteiger charge is -2.06. The summed E-state index contributed by atoms with van der Waals surface area (Å²) in [5, 5.41) is 14.0. The van der Waals surface area contributed by atoms with E-state index in [0.29, 0.717) is 0 Å². The molecule has 0 aliphatic heterocycles. The van der Waals surface area contributed by atoms with Crippen LogP contribution in [0.2, 0.25) is 0 Å². The van der Waals surface area contributed by atoms with Crippen LogP contribution in [0.1, 0.15) is 26.5 Å². The molecule has 6 nitrogen and oxygen atoms in total. The monoisotopic (exact) mass is 311 g/mol. The van der Waals surface area contributed by atoms with Crippen molar-refractivity contribution in [3.8, 4) is 5.69 Å². The summed E-state index contributed by atoms with van der Waals surface area (Å²) in [5.74, 6) is -0.0618. The molecule has 0 atom stereocenters. The van der Waals surface area contributed by atoms with Crippen LogP contribution < -0.4 is 5.32 Å². The van der Waals surface area contributed by atoms with Crippen molar-refractivity contribution < 1.29 is 4.79 Å². The Morgan fingerprint density at radius 3 is 3.05 bits per heavy atom. The Hall–Kier alpha value is -2.54. The number of amides is 1. The number of rotatable bonds is 3. The molecule has 7 heteroatoms. The third-order valence-corrected chi connectivity index (χ3v) is 4.92. The zero-order valence-corrected chi connectivity index (χ0v) is 12.5. The predicted octanol–water partition coefficient (Wildman–Crippen LogP) is 2.46. The highest BCUT2D eigenvalue weighted by atomic mass is 32.1. The van der Waals surface area contributed by atoms with Gasteiger partial charge in [-0.2, -0.15) is 0 Å². The summed E-state index contributed by atoms with van der Waals surface area (Å²) in [6.45, 7) is 0. The first-order valence-electron chi connectivity index (χ1n) is 7.06. The van der Waals surface area contributed by atoms with Crippen molar-refractivity contribution in [3.63, 3.8) is 0 Å². The van der Waals surface area contributed by atoms with Crippen LogP contribution in [0.5, 0.6) is 0 Å². The molecule has 110 valence electrons. The second kappa shape index (κ2) is 5.34. The number of thiophene rings is 1.